The summed E-state index contributed by atoms with van der Waals surface area (Å²) in [7, 11) is 0. The van der Waals surface area contributed by atoms with Gasteiger partial charge >= 0.3 is 0 Å². The van der Waals surface area contributed by atoms with E-state index >= 15 is 0 Å². The van der Waals surface area contributed by atoms with Gasteiger partial charge in [-0.15, -0.1) is 0 Å². The average Bonchev–Trinajstić information content (AvgIpc) is 2.68. The first kappa shape index (κ1) is 21.4. The Kier molecular flexibility index (Phi) is 7.29. The average molecular weight is 417 g/mol. The predicted molar refractivity (Wildman–Crippen MR) is 117 cm³/mol. The summed E-state index contributed by atoms with van der Waals surface area (Å²) in [5, 5.41) is 20.9. The van der Waals surface area contributed by atoms with Crippen LogP contribution in [0, 0.1) is 10.8 Å². The van der Waals surface area contributed by atoms with Crippen LogP contribution in [0.5, 0.6) is 0 Å². The lowest BCUT2D eigenvalue weighted by Gasteiger charge is -2.33. The minimum Gasteiger partial charge on any atom is -0.310 e. The summed E-state index contributed by atoms with van der Waals surface area (Å²) in [6.07, 6.45) is 1.70. The second-order valence-electron chi connectivity index (χ2n) is 6.97. The van der Waals surface area contributed by atoms with Gasteiger partial charge in [0.1, 0.15) is 17.5 Å². The lowest BCUT2D eigenvalue weighted by atomic mass is 10.1. The Morgan fingerprint density at radius 2 is 1.90 bits per heavy atom. The highest BCUT2D eigenvalue weighted by Crippen LogP contribution is 2.21. The molecule has 2 aromatic rings. The number of alkyl halides is 1. The van der Waals surface area contributed by atoms with Crippen LogP contribution in [-0.4, -0.2) is 76.7 Å². The molecule has 1 aliphatic heterocycles. The Morgan fingerprint density at radius 3 is 2.59 bits per heavy atom. The van der Waals surface area contributed by atoms with Crippen LogP contribution in [0.2, 0.25) is 0 Å². The lowest BCUT2D eigenvalue weighted by Crippen LogP contribution is -2.49. The number of amides is 1. The van der Waals surface area contributed by atoms with E-state index in [-0.39, 0.29) is 19.1 Å². The molecule has 1 saturated heterocycles. The molecule has 7 nitrogen and oxygen atoms in total. The zero-order valence-electron chi connectivity index (χ0n) is 16.4. The van der Waals surface area contributed by atoms with E-state index in [1.165, 1.54) is 0 Å². The van der Waals surface area contributed by atoms with E-state index in [9.17, 15) is 9.18 Å². The van der Waals surface area contributed by atoms with E-state index in [4.69, 9.17) is 10.8 Å². The second kappa shape index (κ2) is 9.91. The van der Waals surface area contributed by atoms with Crippen LogP contribution >= 0.6 is 11.8 Å². The van der Waals surface area contributed by atoms with Crippen molar-refractivity contribution in [3.05, 3.63) is 36.0 Å². The minimum atomic E-state index is -0.338. The molecule has 0 aliphatic carbocycles. The molecule has 1 amide bonds. The monoisotopic (exact) mass is 416 g/mol. The number of carbonyl (C=O) groups excluding carboxylic acids is 1. The topological polar surface area (TPSA) is 96.2 Å². The molecule has 3 N–H and O–H groups in total. The van der Waals surface area contributed by atoms with Crippen molar-refractivity contribution in [2.24, 2.45) is 0 Å². The SMILES string of the molecule is CC(=N)SC(=N)c1ccc2cnc(NC(=O)CN3CCN(CCF)CC3)cc2c1. The molecule has 9 heteroatoms. The van der Waals surface area contributed by atoms with Crippen LogP contribution in [0.25, 0.3) is 10.8 Å². The number of carbonyl (C=O) groups is 1. The van der Waals surface area contributed by atoms with Crippen molar-refractivity contribution in [2.45, 2.75) is 6.92 Å². The van der Waals surface area contributed by atoms with Crippen LogP contribution in [0.3, 0.4) is 0 Å². The summed E-state index contributed by atoms with van der Waals surface area (Å²) in [6, 6.07) is 7.39. The fraction of sp³-hybridized carbons (Fsp3) is 0.400. The van der Waals surface area contributed by atoms with Crippen molar-refractivity contribution in [1.29, 1.82) is 10.8 Å². The van der Waals surface area contributed by atoms with E-state index in [0.29, 0.717) is 22.5 Å². The summed E-state index contributed by atoms with van der Waals surface area (Å²) in [5.41, 5.74) is 0.726. The Bertz CT molecular complexity index is 913. The highest BCUT2D eigenvalue weighted by Gasteiger charge is 2.18. The molecule has 154 valence electrons. The Labute approximate surface area is 173 Å². The molecule has 3 rings (SSSR count). The zero-order valence-corrected chi connectivity index (χ0v) is 17.2. The summed E-state index contributed by atoms with van der Waals surface area (Å²) < 4.78 is 12.4. The van der Waals surface area contributed by atoms with E-state index in [0.717, 1.165) is 54.3 Å². The number of nitrogens with zero attached hydrogens (tertiary/aromatic N) is 3. The van der Waals surface area contributed by atoms with Gasteiger partial charge in [-0.05, 0) is 24.4 Å². The van der Waals surface area contributed by atoms with Crippen LogP contribution < -0.4 is 5.32 Å². The number of piperazine rings is 1. The number of fused-ring (bicyclic) bond motifs is 1. The molecule has 0 saturated carbocycles. The van der Waals surface area contributed by atoms with Gasteiger partial charge in [-0.3, -0.25) is 25.4 Å². The van der Waals surface area contributed by atoms with E-state index in [1.807, 2.05) is 18.2 Å². The number of rotatable bonds is 6. The fourth-order valence-electron chi connectivity index (χ4n) is 3.24. The van der Waals surface area contributed by atoms with E-state index in [1.54, 1.807) is 19.2 Å². The first-order chi connectivity index (χ1) is 13.9. The van der Waals surface area contributed by atoms with Gasteiger partial charge in [0.2, 0.25) is 5.91 Å². The number of anilines is 1. The number of benzene rings is 1. The quantitative estimate of drug-likeness (QED) is 0.497. The molecular weight excluding hydrogens is 391 g/mol. The molecule has 2 heterocycles. The van der Waals surface area contributed by atoms with E-state index < -0.39 is 0 Å². The minimum absolute atomic E-state index is 0.130. The number of hydrogen-bond acceptors (Lipinski definition) is 7. The zero-order chi connectivity index (χ0) is 20.8. The van der Waals surface area contributed by atoms with Gasteiger partial charge in [0.15, 0.2) is 0 Å². The second-order valence-corrected chi connectivity index (χ2v) is 8.20. The van der Waals surface area contributed by atoms with Crippen molar-refractivity contribution in [1.82, 2.24) is 14.8 Å². The van der Waals surface area contributed by atoms with Crippen LogP contribution in [0.15, 0.2) is 30.5 Å². The smallest absolute Gasteiger partial charge is 0.239 e. The molecule has 0 spiro atoms. The highest BCUT2D eigenvalue weighted by molar-refractivity contribution is 8.26. The molecule has 29 heavy (non-hydrogen) atoms. The number of thioether (sulfide) groups is 1. The normalized spacial score (nSPS) is 15.4. The number of nitrogens with one attached hydrogen (secondary N) is 3. The molecular formula is C20H25FN6OS. The summed E-state index contributed by atoms with van der Waals surface area (Å²) >= 11 is 1.11. The van der Waals surface area contributed by atoms with Crippen molar-refractivity contribution in [3.63, 3.8) is 0 Å². The van der Waals surface area contributed by atoms with Gasteiger partial charge in [0.25, 0.3) is 0 Å². The van der Waals surface area contributed by atoms with Gasteiger partial charge in [-0.1, -0.05) is 23.9 Å². The molecule has 0 radical (unpaired) electrons. The standard InChI is InChI=1S/C20H25FN6OS/c1-14(22)29-20(23)15-2-3-16-12-24-18(11-17(16)10-15)25-19(28)13-27-8-6-26(5-4-21)7-9-27/h2-3,10-12,22-23H,4-9,13H2,1H3,(H,24,25,28). The largest absolute Gasteiger partial charge is 0.310 e. The maximum atomic E-state index is 12.4. The van der Waals surface area contributed by atoms with Gasteiger partial charge in [0.05, 0.1) is 11.6 Å². The van der Waals surface area contributed by atoms with Crippen molar-refractivity contribution in [2.75, 3.05) is 51.3 Å². The Morgan fingerprint density at radius 1 is 1.17 bits per heavy atom. The number of pyridine rings is 1. The van der Waals surface area contributed by atoms with Gasteiger partial charge in [-0.2, -0.15) is 0 Å². The maximum absolute atomic E-state index is 12.4. The first-order valence-electron chi connectivity index (χ1n) is 9.47. The number of halogens is 1. The first-order valence-corrected chi connectivity index (χ1v) is 10.3. The van der Waals surface area contributed by atoms with Crippen LogP contribution in [-0.2, 0) is 4.79 Å². The van der Waals surface area contributed by atoms with Crippen LogP contribution in [0.1, 0.15) is 12.5 Å². The molecule has 1 aromatic carbocycles. The van der Waals surface area contributed by atoms with Crippen LogP contribution in [0.4, 0.5) is 10.2 Å². The molecule has 0 bridgehead atoms. The molecule has 1 aromatic heterocycles. The lowest BCUT2D eigenvalue weighted by molar-refractivity contribution is -0.117. The van der Waals surface area contributed by atoms with Crippen molar-refractivity contribution >= 4 is 44.3 Å². The third kappa shape index (κ3) is 6.06. The van der Waals surface area contributed by atoms with Crippen molar-refractivity contribution in [3.8, 4) is 0 Å². The van der Waals surface area contributed by atoms with Crippen molar-refractivity contribution < 1.29 is 9.18 Å². The summed E-state index contributed by atoms with van der Waals surface area (Å²) in [6.45, 7) is 5.08. The predicted octanol–water partition coefficient (Wildman–Crippen LogP) is 2.82. The third-order valence-corrected chi connectivity index (χ3v) is 5.49. The van der Waals surface area contributed by atoms with Gasteiger partial charge < -0.3 is 5.32 Å². The molecule has 0 atom stereocenters. The van der Waals surface area contributed by atoms with Gasteiger partial charge in [0, 0.05) is 49.9 Å². The van der Waals surface area contributed by atoms with Gasteiger partial charge in [-0.25, -0.2) is 9.37 Å². The third-order valence-electron chi connectivity index (χ3n) is 4.74. The number of hydrogen-bond donors (Lipinski definition) is 3. The van der Waals surface area contributed by atoms with E-state index in [2.05, 4.69) is 20.1 Å². The summed E-state index contributed by atoms with van der Waals surface area (Å²) in [5.74, 6) is 0.341. The maximum Gasteiger partial charge on any atom is 0.239 e. The Balaban J connectivity index is 1.61. The molecule has 1 aliphatic rings. The summed E-state index contributed by atoms with van der Waals surface area (Å²) in [4.78, 5) is 20.8. The number of aromatic nitrogens is 1. The molecule has 0 unspecified atom stereocenters. The highest BCUT2D eigenvalue weighted by atomic mass is 32.2. The fourth-order valence-corrected chi connectivity index (χ4v) is 3.79. The Hall–Kier alpha value is -2.36. The molecule has 1 fully saturated rings.